The van der Waals surface area contributed by atoms with Gasteiger partial charge in [-0.25, -0.2) is 9.59 Å². The standard InChI is InChI=1S/C35H39N7O5/c1-35(2,3)47-34(46)40-18-10-17-39(19-20-40)31-27(30(36)43)28-29(41(31)21-23-11-6-5-7-12-23)32(44)42(33(45)38(28)4)22-26-25-14-9-8-13-24(25)15-16-37-26/h5-9,11-16H,10,17-22H2,1-4H3,(H2,36,43). The van der Waals surface area contributed by atoms with Gasteiger partial charge < -0.3 is 24.8 Å². The number of primary amides is 1. The van der Waals surface area contributed by atoms with Crippen LogP contribution in [0.15, 0.2) is 76.4 Å². The number of benzene rings is 2. The van der Waals surface area contributed by atoms with Crippen LogP contribution in [-0.2, 0) is 24.9 Å². The third-order valence-electron chi connectivity index (χ3n) is 8.45. The fourth-order valence-electron chi connectivity index (χ4n) is 6.34. The number of carbonyl (C=O) groups excluding carboxylic acids is 2. The Kier molecular flexibility index (Phi) is 8.35. The third kappa shape index (κ3) is 6.10. The first-order chi connectivity index (χ1) is 22.4. The Labute approximate surface area is 271 Å². The van der Waals surface area contributed by atoms with Gasteiger partial charge >= 0.3 is 11.8 Å². The lowest BCUT2D eigenvalue weighted by molar-refractivity contribution is 0.0263. The van der Waals surface area contributed by atoms with E-state index in [9.17, 15) is 19.2 Å². The fourth-order valence-corrected chi connectivity index (χ4v) is 6.34. The van der Waals surface area contributed by atoms with Crippen molar-refractivity contribution in [2.45, 2.75) is 45.9 Å². The molecule has 12 nitrogen and oxygen atoms in total. The number of anilines is 1. The average Bonchev–Trinajstić information content (AvgIpc) is 3.18. The minimum Gasteiger partial charge on any atom is -0.444 e. The zero-order valence-electron chi connectivity index (χ0n) is 27.1. The summed E-state index contributed by atoms with van der Waals surface area (Å²) in [4.78, 5) is 62.9. The molecule has 0 atom stereocenters. The Morgan fingerprint density at radius 3 is 2.32 bits per heavy atom. The Hall–Kier alpha value is -5.39. The molecular formula is C35H39N7O5. The van der Waals surface area contributed by atoms with Crippen LogP contribution in [0.1, 0.15) is 48.8 Å². The van der Waals surface area contributed by atoms with Gasteiger partial charge in [-0.15, -0.1) is 0 Å². The Bertz CT molecular complexity index is 2100. The van der Waals surface area contributed by atoms with Crippen molar-refractivity contribution in [1.29, 1.82) is 0 Å². The molecular weight excluding hydrogens is 598 g/mol. The third-order valence-corrected chi connectivity index (χ3v) is 8.45. The summed E-state index contributed by atoms with van der Waals surface area (Å²) < 4.78 is 9.91. The molecule has 0 bridgehead atoms. The maximum Gasteiger partial charge on any atom is 0.410 e. The van der Waals surface area contributed by atoms with Gasteiger partial charge in [0, 0.05) is 51.4 Å². The second-order valence-corrected chi connectivity index (χ2v) is 12.9. The summed E-state index contributed by atoms with van der Waals surface area (Å²) in [5.41, 5.74) is 6.22. The average molecular weight is 638 g/mol. The molecule has 0 unspecified atom stereocenters. The summed E-state index contributed by atoms with van der Waals surface area (Å²) in [5.74, 6) is -0.316. The highest BCUT2D eigenvalue weighted by molar-refractivity contribution is 6.10. The van der Waals surface area contributed by atoms with Gasteiger partial charge in [-0.1, -0.05) is 54.6 Å². The molecule has 6 rings (SSSR count). The summed E-state index contributed by atoms with van der Waals surface area (Å²) in [6.45, 7) is 7.27. The predicted octanol–water partition coefficient (Wildman–Crippen LogP) is 3.69. The van der Waals surface area contributed by atoms with E-state index in [2.05, 4.69) is 4.98 Å². The number of rotatable bonds is 6. The molecule has 1 saturated heterocycles. The number of fused-ring (bicyclic) bond motifs is 2. The van der Waals surface area contributed by atoms with E-state index in [0.29, 0.717) is 44.1 Å². The molecule has 0 aliphatic carbocycles. The topological polar surface area (TPSA) is 138 Å². The van der Waals surface area contributed by atoms with Crippen LogP contribution in [0.2, 0.25) is 0 Å². The number of hydrogen-bond donors (Lipinski definition) is 1. The summed E-state index contributed by atoms with van der Waals surface area (Å²) in [6, 6.07) is 19.1. The first-order valence-corrected chi connectivity index (χ1v) is 15.7. The van der Waals surface area contributed by atoms with Gasteiger partial charge in [0.05, 0.1) is 17.8 Å². The molecule has 2 aromatic carbocycles. The van der Waals surface area contributed by atoms with Gasteiger partial charge in [0.2, 0.25) is 0 Å². The van der Waals surface area contributed by atoms with Crippen LogP contribution in [0.25, 0.3) is 21.8 Å². The molecule has 1 aliphatic heterocycles. The van der Waals surface area contributed by atoms with Crippen molar-refractivity contribution in [2.24, 2.45) is 12.8 Å². The van der Waals surface area contributed by atoms with Crippen LogP contribution < -0.4 is 21.9 Å². The zero-order chi connectivity index (χ0) is 33.5. The first kappa shape index (κ1) is 31.6. The predicted molar refractivity (Wildman–Crippen MR) is 181 cm³/mol. The van der Waals surface area contributed by atoms with Crippen LogP contribution >= 0.6 is 0 Å². The van der Waals surface area contributed by atoms with E-state index < -0.39 is 28.9 Å². The highest BCUT2D eigenvalue weighted by Gasteiger charge is 2.32. The van der Waals surface area contributed by atoms with Crippen LogP contribution in [0.4, 0.5) is 10.6 Å². The second-order valence-electron chi connectivity index (χ2n) is 12.9. The van der Waals surface area contributed by atoms with Crippen LogP contribution in [0.3, 0.4) is 0 Å². The Morgan fingerprint density at radius 1 is 0.872 bits per heavy atom. The van der Waals surface area contributed by atoms with Crippen LogP contribution in [0, 0.1) is 0 Å². The van der Waals surface area contributed by atoms with E-state index in [4.69, 9.17) is 10.5 Å². The van der Waals surface area contributed by atoms with Crippen molar-refractivity contribution in [3.63, 3.8) is 0 Å². The largest absolute Gasteiger partial charge is 0.444 e. The van der Waals surface area contributed by atoms with Crippen LogP contribution in [-0.4, -0.2) is 67.4 Å². The number of aromatic nitrogens is 4. The molecule has 0 saturated carbocycles. The number of aryl methyl sites for hydroxylation is 1. The van der Waals surface area contributed by atoms with E-state index in [-0.39, 0.29) is 29.7 Å². The zero-order valence-corrected chi connectivity index (χ0v) is 27.1. The fraction of sp³-hybridized carbons (Fsp3) is 0.343. The number of ether oxygens (including phenoxy) is 1. The maximum atomic E-state index is 14.5. The molecule has 2 amide bonds. The van der Waals surface area contributed by atoms with Gasteiger partial charge in [0.1, 0.15) is 22.5 Å². The summed E-state index contributed by atoms with van der Waals surface area (Å²) >= 11 is 0. The van der Waals surface area contributed by atoms with Crippen LogP contribution in [0.5, 0.6) is 0 Å². The normalized spacial score (nSPS) is 14.0. The highest BCUT2D eigenvalue weighted by Crippen LogP contribution is 2.32. The van der Waals surface area contributed by atoms with Crippen molar-refractivity contribution >= 4 is 39.6 Å². The van der Waals surface area contributed by atoms with Gasteiger partial charge in [0.15, 0.2) is 0 Å². The summed E-state index contributed by atoms with van der Waals surface area (Å²) in [6.07, 6.45) is 1.83. The molecule has 1 aliphatic rings. The molecule has 0 spiro atoms. The molecule has 244 valence electrons. The SMILES string of the molecule is Cn1c(=O)n(Cc2nccc3ccccc23)c(=O)c2c1c(C(N)=O)c(N1CCCN(C(=O)OC(C)(C)C)CC1)n2Cc1ccccc1. The molecule has 4 heterocycles. The van der Waals surface area contributed by atoms with E-state index >= 15 is 0 Å². The monoisotopic (exact) mass is 637 g/mol. The molecule has 0 radical (unpaired) electrons. The second kappa shape index (κ2) is 12.4. The smallest absolute Gasteiger partial charge is 0.410 e. The molecule has 2 N–H and O–H groups in total. The number of nitrogens with two attached hydrogens (primary N) is 1. The van der Waals surface area contributed by atoms with Crippen molar-refractivity contribution in [2.75, 3.05) is 31.1 Å². The number of hydrogen-bond acceptors (Lipinski definition) is 7. The lowest BCUT2D eigenvalue weighted by atomic mass is 10.1. The molecule has 3 aromatic heterocycles. The number of amides is 2. The van der Waals surface area contributed by atoms with Gasteiger partial charge in [-0.05, 0) is 44.2 Å². The van der Waals surface area contributed by atoms with Crippen molar-refractivity contribution < 1.29 is 14.3 Å². The molecule has 47 heavy (non-hydrogen) atoms. The van der Waals surface area contributed by atoms with E-state index in [1.165, 1.54) is 9.13 Å². The molecule has 1 fully saturated rings. The van der Waals surface area contributed by atoms with E-state index in [0.717, 1.165) is 16.3 Å². The van der Waals surface area contributed by atoms with Crippen molar-refractivity contribution in [3.05, 3.63) is 105 Å². The molecule has 12 heteroatoms. The lowest BCUT2D eigenvalue weighted by Gasteiger charge is -2.27. The quantitative estimate of drug-likeness (QED) is 0.300. The molecule has 5 aromatic rings. The van der Waals surface area contributed by atoms with Gasteiger partial charge in [-0.2, -0.15) is 0 Å². The lowest BCUT2D eigenvalue weighted by Crippen LogP contribution is -2.40. The Balaban J connectivity index is 1.54. The highest BCUT2D eigenvalue weighted by atomic mass is 16.6. The van der Waals surface area contributed by atoms with Crippen molar-refractivity contribution in [3.8, 4) is 0 Å². The van der Waals surface area contributed by atoms with Crippen molar-refractivity contribution in [1.82, 2.24) is 23.6 Å². The first-order valence-electron chi connectivity index (χ1n) is 15.7. The van der Waals surface area contributed by atoms with Gasteiger partial charge in [-0.3, -0.25) is 23.7 Å². The number of nitrogens with zero attached hydrogens (tertiary/aromatic N) is 6. The summed E-state index contributed by atoms with van der Waals surface area (Å²) in [5, 5.41) is 1.78. The van der Waals surface area contributed by atoms with E-state index in [1.807, 2.05) is 86.3 Å². The van der Waals surface area contributed by atoms with Gasteiger partial charge in [0.25, 0.3) is 11.5 Å². The van der Waals surface area contributed by atoms with E-state index in [1.54, 1.807) is 22.7 Å². The number of pyridine rings is 1. The maximum absolute atomic E-state index is 14.5. The summed E-state index contributed by atoms with van der Waals surface area (Å²) in [7, 11) is 1.55. The number of carbonyl (C=O) groups is 2. The minimum absolute atomic E-state index is 0.0604. The minimum atomic E-state index is -0.757. The Morgan fingerprint density at radius 2 is 1.60 bits per heavy atom.